The third-order valence-corrected chi connectivity index (χ3v) is 13.4. The van der Waals surface area contributed by atoms with E-state index >= 15 is 0 Å². The number of rotatable bonds is 5. The molecule has 14 rings (SSSR count). The van der Waals surface area contributed by atoms with Gasteiger partial charge < -0.3 is 18.1 Å². The molecule has 4 heteroatoms. The topological polar surface area (TPSA) is 27.9 Å². The lowest BCUT2D eigenvalue weighted by atomic mass is 10.0. The number of benzene rings is 10. The molecule has 4 heterocycles. The molecule has 10 aromatic carbocycles. The molecule has 4 aromatic heterocycles. The minimum atomic E-state index is 0.864. The molecule has 14 aromatic rings. The molecule has 0 radical (unpaired) electrons. The summed E-state index contributed by atoms with van der Waals surface area (Å²) in [7, 11) is 0. The molecule has 0 unspecified atom stereocenters. The third kappa shape index (κ3) is 5.05. The molecular weight excluding hydrogens is 779 g/mol. The summed E-state index contributed by atoms with van der Waals surface area (Å²) in [5, 5.41) is 9.53. The van der Waals surface area contributed by atoms with Crippen molar-refractivity contribution >= 4 is 87.4 Å². The highest BCUT2D eigenvalue weighted by atomic mass is 16.3. The van der Waals surface area contributed by atoms with Crippen LogP contribution in [0.2, 0.25) is 0 Å². The number of nitrogens with zero attached hydrogens (tertiary/aromatic N) is 3. The van der Waals surface area contributed by atoms with Crippen LogP contribution in [0, 0.1) is 0 Å². The quantitative estimate of drug-likeness (QED) is 0.170. The largest absolute Gasteiger partial charge is 0.454 e. The Morgan fingerprint density at radius 2 is 0.672 bits per heavy atom. The van der Waals surface area contributed by atoms with Gasteiger partial charge in [-0.05, 0) is 107 Å². The average Bonchev–Trinajstić information content (AvgIpc) is 4.10. The van der Waals surface area contributed by atoms with Crippen LogP contribution >= 0.6 is 0 Å². The second-order valence-electron chi connectivity index (χ2n) is 16.9. The van der Waals surface area contributed by atoms with Crippen molar-refractivity contribution in [3.05, 3.63) is 224 Å². The van der Waals surface area contributed by atoms with E-state index in [9.17, 15) is 0 Å². The minimum Gasteiger partial charge on any atom is -0.454 e. The Hall–Kier alpha value is -8.60. The van der Waals surface area contributed by atoms with E-state index in [0.717, 1.165) is 61.1 Å². The van der Waals surface area contributed by atoms with E-state index in [1.807, 2.05) is 0 Å². The highest BCUT2D eigenvalue weighted by molar-refractivity contribution is 6.15. The molecule has 0 atom stereocenters. The minimum absolute atomic E-state index is 0.864. The molecule has 0 bridgehead atoms. The van der Waals surface area contributed by atoms with Crippen LogP contribution in [0.15, 0.2) is 229 Å². The van der Waals surface area contributed by atoms with Crippen molar-refractivity contribution in [2.24, 2.45) is 0 Å². The van der Waals surface area contributed by atoms with Gasteiger partial charge in [-0.15, -0.1) is 0 Å². The molecule has 0 saturated carbocycles. The lowest BCUT2D eigenvalue weighted by Crippen LogP contribution is -1.96. The van der Waals surface area contributed by atoms with Gasteiger partial charge in [-0.25, -0.2) is 0 Å². The van der Waals surface area contributed by atoms with Crippen molar-refractivity contribution in [3.8, 4) is 39.3 Å². The number of fused-ring (bicyclic) bond motifs is 12. The fourth-order valence-electron chi connectivity index (χ4n) is 10.6. The van der Waals surface area contributed by atoms with Gasteiger partial charge >= 0.3 is 0 Å². The standard InChI is InChI=1S/C60H37N3O/c1-3-14-38(15-4-1)40-26-30-55-48(34-40)44-18-7-10-22-52(44)61(55)42-28-32-56-50(36-42)46-20-8-11-23-53(46)62(56)43-29-33-59-51(37-43)47-21-13-25-58(60(47)64-59)63-54-24-12-9-19-45(54)49-35-41(27-31-57(49)63)39-16-5-2-6-17-39/h1-37H. The molecular formula is C60H37N3O. The number of furan rings is 1. The van der Waals surface area contributed by atoms with Crippen LogP contribution in [0.4, 0.5) is 0 Å². The maximum Gasteiger partial charge on any atom is 0.159 e. The van der Waals surface area contributed by atoms with Gasteiger partial charge in [0.15, 0.2) is 5.58 Å². The predicted octanol–water partition coefficient (Wildman–Crippen LogP) is 16.2. The van der Waals surface area contributed by atoms with E-state index in [1.54, 1.807) is 0 Å². The summed E-state index contributed by atoms with van der Waals surface area (Å²) < 4.78 is 14.1. The number of aromatic nitrogens is 3. The summed E-state index contributed by atoms with van der Waals surface area (Å²) in [4.78, 5) is 0. The first-order chi connectivity index (χ1) is 31.7. The van der Waals surface area contributed by atoms with Crippen LogP contribution in [0.25, 0.3) is 127 Å². The number of para-hydroxylation sites is 4. The zero-order valence-electron chi connectivity index (χ0n) is 34.6. The van der Waals surface area contributed by atoms with Crippen LogP contribution in [-0.4, -0.2) is 13.7 Å². The molecule has 0 aliphatic heterocycles. The summed E-state index contributed by atoms with van der Waals surface area (Å²) in [5.41, 5.74) is 16.9. The monoisotopic (exact) mass is 815 g/mol. The predicted molar refractivity (Wildman–Crippen MR) is 268 cm³/mol. The number of hydrogen-bond acceptors (Lipinski definition) is 1. The molecule has 0 spiro atoms. The van der Waals surface area contributed by atoms with Crippen molar-refractivity contribution in [1.82, 2.24) is 13.7 Å². The maximum atomic E-state index is 6.87. The lowest BCUT2D eigenvalue weighted by Gasteiger charge is -2.11. The van der Waals surface area contributed by atoms with Crippen LogP contribution in [0.5, 0.6) is 0 Å². The number of hydrogen-bond donors (Lipinski definition) is 0. The van der Waals surface area contributed by atoms with Crippen molar-refractivity contribution < 1.29 is 4.42 Å². The van der Waals surface area contributed by atoms with Crippen LogP contribution in [0.3, 0.4) is 0 Å². The maximum absolute atomic E-state index is 6.87. The second kappa shape index (κ2) is 13.4. The summed E-state index contributed by atoms with van der Waals surface area (Å²) >= 11 is 0. The van der Waals surface area contributed by atoms with Gasteiger partial charge in [-0.2, -0.15) is 0 Å². The van der Waals surface area contributed by atoms with E-state index in [0.29, 0.717) is 0 Å². The third-order valence-electron chi connectivity index (χ3n) is 13.4. The van der Waals surface area contributed by atoms with Crippen LogP contribution < -0.4 is 0 Å². The van der Waals surface area contributed by atoms with E-state index in [1.165, 1.54) is 65.6 Å². The zero-order chi connectivity index (χ0) is 41.9. The van der Waals surface area contributed by atoms with E-state index in [2.05, 4.69) is 238 Å². The van der Waals surface area contributed by atoms with Gasteiger partial charge in [-0.1, -0.05) is 140 Å². The normalized spacial score (nSPS) is 12.1. The molecule has 0 amide bonds. The fourth-order valence-corrected chi connectivity index (χ4v) is 10.6. The summed E-state index contributed by atoms with van der Waals surface area (Å²) in [6, 6.07) is 81.4. The van der Waals surface area contributed by atoms with Gasteiger partial charge in [-0.3, -0.25) is 0 Å². The van der Waals surface area contributed by atoms with E-state index < -0.39 is 0 Å². The van der Waals surface area contributed by atoms with Gasteiger partial charge in [0.2, 0.25) is 0 Å². The Bertz CT molecular complexity index is 4180. The first kappa shape index (κ1) is 35.0. The van der Waals surface area contributed by atoms with Crippen molar-refractivity contribution in [2.75, 3.05) is 0 Å². The molecule has 0 aliphatic carbocycles. The van der Waals surface area contributed by atoms with Crippen molar-refractivity contribution in [2.45, 2.75) is 0 Å². The lowest BCUT2D eigenvalue weighted by molar-refractivity contribution is 0.666. The zero-order valence-corrected chi connectivity index (χ0v) is 34.6. The smallest absolute Gasteiger partial charge is 0.159 e. The van der Waals surface area contributed by atoms with Gasteiger partial charge in [0.05, 0.1) is 38.8 Å². The fraction of sp³-hybridized carbons (Fsp3) is 0. The summed E-state index contributed by atoms with van der Waals surface area (Å²) in [6.45, 7) is 0. The van der Waals surface area contributed by atoms with Crippen molar-refractivity contribution in [1.29, 1.82) is 0 Å². The molecule has 0 saturated heterocycles. The molecule has 0 aliphatic rings. The Kier molecular flexibility index (Phi) is 7.36. The van der Waals surface area contributed by atoms with E-state index in [-0.39, 0.29) is 0 Å². The van der Waals surface area contributed by atoms with Gasteiger partial charge in [0.25, 0.3) is 0 Å². The average molecular weight is 816 g/mol. The second-order valence-corrected chi connectivity index (χ2v) is 16.9. The summed E-state index contributed by atoms with van der Waals surface area (Å²) in [6.07, 6.45) is 0. The van der Waals surface area contributed by atoms with Crippen LogP contribution in [-0.2, 0) is 0 Å². The molecule has 0 fully saturated rings. The molecule has 298 valence electrons. The SMILES string of the molecule is c1ccc(-c2ccc3c(c2)c2ccccc2n3-c2ccc3c(c2)c2ccccc2n3-c2ccc3oc4c(-n5c6ccccc6c6cc(-c7ccccc7)ccc65)cccc4c3c2)cc1. The van der Waals surface area contributed by atoms with Gasteiger partial charge in [0, 0.05) is 54.5 Å². The Balaban J connectivity index is 0.931. The summed E-state index contributed by atoms with van der Waals surface area (Å²) in [5.74, 6) is 0. The van der Waals surface area contributed by atoms with Crippen molar-refractivity contribution in [3.63, 3.8) is 0 Å². The Morgan fingerprint density at radius 1 is 0.250 bits per heavy atom. The molecule has 0 N–H and O–H groups in total. The molecule has 4 nitrogen and oxygen atoms in total. The Morgan fingerprint density at radius 3 is 1.25 bits per heavy atom. The molecule has 64 heavy (non-hydrogen) atoms. The van der Waals surface area contributed by atoms with Crippen LogP contribution in [0.1, 0.15) is 0 Å². The van der Waals surface area contributed by atoms with E-state index in [4.69, 9.17) is 4.42 Å². The highest BCUT2D eigenvalue weighted by Gasteiger charge is 2.21. The first-order valence-electron chi connectivity index (χ1n) is 21.9. The Labute approximate surface area is 367 Å². The highest BCUT2D eigenvalue weighted by Crippen LogP contribution is 2.42. The first-order valence-corrected chi connectivity index (χ1v) is 21.9. The van der Waals surface area contributed by atoms with Gasteiger partial charge in [0.1, 0.15) is 5.58 Å².